The summed E-state index contributed by atoms with van der Waals surface area (Å²) in [5.41, 5.74) is 4.28. The second kappa shape index (κ2) is 4.05. The fourth-order valence-corrected chi connectivity index (χ4v) is 2.20. The number of benzene rings is 1. The highest BCUT2D eigenvalue weighted by Crippen LogP contribution is 2.34. The first-order valence-electron chi connectivity index (χ1n) is 5.61. The van der Waals surface area contributed by atoms with Crippen molar-refractivity contribution in [3.05, 3.63) is 36.2 Å². The molecule has 0 saturated carbocycles. The van der Waals surface area contributed by atoms with Gasteiger partial charge in [0.2, 0.25) is 5.88 Å². The number of ether oxygens (including phenoxy) is 1. The van der Waals surface area contributed by atoms with E-state index in [1.807, 2.05) is 12.1 Å². The summed E-state index contributed by atoms with van der Waals surface area (Å²) >= 11 is 0. The van der Waals surface area contributed by atoms with Gasteiger partial charge in [-0.1, -0.05) is 18.2 Å². The number of aromatic nitrogens is 2. The summed E-state index contributed by atoms with van der Waals surface area (Å²) in [5, 5.41) is 3.40. The summed E-state index contributed by atoms with van der Waals surface area (Å²) in [5.74, 6) is 0.675. The molecule has 4 heteroatoms. The Kier molecular flexibility index (Phi) is 2.40. The zero-order valence-corrected chi connectivity index (χ0v) is 9.60. The van der Waals surface area contributed by atoms with Gasteiger partial charge >= 0.3 is 0 Å². The first kappa shape index (κ1) is 10.1. The average molecular weight is 227 g/mol. The van der Waals surface area contributed by atoms with E-state index in [9.17, 15) is 0 Å². The summed E-state index contributed by atoms with van der Waals surface area (Å²) in [6, 6.07) is 8.18. The molecule has 1 aliphatic rings. The van der Waals surface area contributed by atoms with Gasteiger partial charge in [0.15, 0.2) is 0 Å². The smallest absolute Gasteiger partial charge is 0.220 e. The number of nitrogens with one attached hydrogen (secondary N) is 1. The van der Waals surface area contributed by atoms with E-state index in [-0.39, 0.29) is 0 Å². The standard InChI is InChI=1S/C13H13N3O/c1-17-13-10-6-7-14-11-5-3-2-4-9(11)12(10)15-8-16-13/h2-5,8,14H,6-7H2,1H3. The van der Waals surface area contributed by atoms with Crippen LogP contribution < -0.4 is 10.1 Å². The molecule has 0 saturated heterocycles. The normalized spacial score (nSPS) is 13.0. The van der Waals surface area contributed by atoms with Crippen LogP contribution in [0.1, 0.15) is 5.56 Å². The Hall–Kier alpha value is -2.10. The lowest BCUT2D eigenvalue weighted by molar-refractivity contribution is 0.392. The van der Waals surface area contributed by atoms with Crippen LogP contribution in [0.5, 0.6) is 5.88 Å². The third-order valence-electron chi connectivity index (χ3n) is 2.97. The van der Waals surface area contributed by atoms with Gasteiger partial charge in [0.25, 0.3) is 0 Å². The molecule has 2 heterocycles. The third kappa shape index (κ3) is 1.62. The lowest BCUT2D eigenvalue weighted by Crippen LogP contribution is -2.04. The van der Waals surface area contributed by atoms with Gasteiger partial charge in [0, 0.05) is 23.4 Å². The Labute approximate surface area is 99.7 Å². The molecule has 0 fully saturated rings. The van der Waals surface area contributed by atoms with Crippen LogP contribution in [0.2, 0.25) is 0 Å². The molecule has 0 unspecified atom stereocenters. The maximum atomic E-state index is 5.30. The second-order valence-electron chi connectivity index (χ2n) is 3.93. The van der Waals surface area contributed by atoms with Crippen molar-refractivity contribution in [3.8, 4) is 17.1 Å². The number of fused-ring (bicyclic) bond motifs is 3. The minimum Gasteiger partial charge on any atom is -0.481 e. The fourth-order valence-electron chi connectivity index (χ4n) is 2.20. The highest BCUT2D eigenvalue weighted by molar-refractivity contribution is 5.79. The van der Waals surface area contributed by atoms with Gasteiger partial charge < -0.3 is 10.1 Å². The van der Waals surface area contributed by atoms with Crippen LogP contribution in [0.3, 0.4) is 0 Å². The number of methoxy groups -OCH3 is 1. The molecule has 1 N–H and O–H groups in total. The summed E-state index contributed by atoms with van der Waals surface area (Å²) in [7, 11) is 1.65. The lowest BCUT2D eigenvalue weighted by atomic mass is 10.0. The molecule has 1 aromatic heterocycles. The number of hydrogen-bond acceptors (Lipinski definition) is 4. The van der Waals surface area contributed by atoms with Gasteiger partial charge in [-0.25, -0.2) is 9.97 Å². The van der Waals surface area contributed by atoms with Crippen LogP contribution in [0.25, 0.3) is 11.3 Å². The number of nitrogens with zero attached hydrogens (tertiary/aromatic N) is 2. The Morgan fingerprint density at radius 3 is 3.00 bits per heavy atom. The van der Waals surface area contributed by atoms with Crippen molar-refractivity contribution in [2.75, 3.05) is 19.0 Å². The molecule has 86 valence electrons. The molecule has 0 spiro atoms. The minimum atomic E-state index is 0.675. The second-order valence-corrected chi connectivity index (χ2v) is 3.93. The van der Waals surface area contributed by atoms with Crippen molar-refractivity contribution in [2.45, 2.75) is 6.42 Å². The summed E-state index contributed by atoms with van der Waals surface area (Å²) in [4.78, 5) is 8.56. The van der Waals surface area contributed by atoms with E-state index in [4.69, 9.17) is 4.74 Å². The van der Waals surface area contributed by atoms with Gasteiger partial charge in [-0.2, -0.15) is 0 Å². The van der Waals surface area contributed by atoms with Gasteiger partial charge in [0.05, 0.1) is 12.8 Å². The van der Waals surface area contributed by atoms with E-state index < -0.39 is 0 Å². The number of hydrogen-bond donors (Lipinski definition) is 1. The van der Waals surface area contributed by atoms with Crippen molar-refractivity contribution in [1.82, 2.24) is 9.97 Å². The zero-order chi connectivity index (χ0) is 11.7. The number of rotatable bonds is 1. The van der Waals surface area contributed by atoms with Gasteiger partial charge in [-0.15, -0.1) is 0 Å². The molecule has 17 heavy (non-hydrogen) atoms. The SMILES string of the molecule is COc1ncnc2c1CCNc1ccccc1-2. The molecule has 0 aliphatic carbocycles. The highest BCUT2D eigenvalue weighted by atomic mass is 16.5. The largest absolute Gasteiger partial charge is 0.481 e. The van der Waals surface area contributed by atoms with Crippen molar-refractivity contribution in [1.29, 1.82) is 0 Å². The Morgan fingerprint density at radius 2 is 2.12 bits per heavy atom. The van der Waals surface area contributed by atoms with Crippen LogP contribution in [-0.4, -0.2) is 23.6 Å². The van der Waals surface area contributed by atoms with Crippen LogP contribution in [0.4, 0.5) is 5.69 Å². The van der Waals surface area contributed by atoms with E-state index in [1.54, 1.807) is 13.4 Å². The molecule has 3 rings (SSSR count). The van der Waals surface area contributed by atoms with Gasteiger partial charge in [0.1, 0.15) is 6.33 Å². The van der Waals surface area contributed by atoms with E-state index in [0.717, 1.165) is 35.5 Å². The molecule has 1 aromatic carbocycles. The van der Waals surface area contributed by atoms with E-state index in [2.05, 4.69) is 27.4 Å². The van der Waals surface area contributed by atoms with Crippen LogP contribution >= 0.6 is 0 Å². The minimum absolute atomic E-state index is 0.675. The molecule has 0 radical (unpaired) electrons. The van der Waals surface area contributed by atoms with Gasteiger partial charge in [-0.3, -0.25) is 0 Å². The first-order valence-corrected chi connectivity index (χ1v) is 5.61. The third-order valence-corrected chi connectivity index (χ3v) is 2.97. The maximum absolute atomic E-state index is 5.30. The molecular weight excluding hydrogens is 214 g/mol. The summed E-state index contributed by atoms with van der Waals surface area (Å²) in [6.45, 7) is 0.869. The van der Waals surface area contributed by atoms with Crippen LogP contribution in [0.15, 0.2) is 30.6 Å². The van der Waals surface area contributed by atoms with E-state index in [1.165, 1.54) is 0 Å². The topological polar surface area (TPSA) is 47.0 Å². The fraction of sp³-hybridized carbons (Fsp3) is 0.231. The average Bonchev–Trinajstić information content (AvgIpc) is 2.58. The van der Waals surface area contributed by atoms with E-state index >= 15 is 0 Å². The molecule has 0 amide bonds. The van der Waals surface area contributed by atoms with Crippen LogP contribution in [-0.2, 0) is 6.42 Å². The lowest BCUT2D eigenvalue weighted by Gasteiger charge is -2.09. The molecule has 0 bridgehead atoms. The Bertz CT molecular complexity index is 554. The molecule has 2 aromatic rings. The van der Waals surface area contributed by atoms with Crippen molar-refractivity contribution >= 4 is 5.69 Å². The number of para-hydroxylation sites is 1. The molecule has 4 nitrogen and oxygen atoms in total. The quantitative estimate of drug-likeness (QED) is 0.810. The molecular formula is C13H13N3O. The zero-order valence-electron chi connectivity index (χ0n) is 9.60. The van der Waals surface area contributed by atoms with Crippen molar-refractivity contribution in [2.24, 2.45) is 0 Å². The highest BCUT2D eigenvalue weighted by Gasteiger charge is 2.18. The predicted molar refractivity (Wildman–Crippen MR) is 66.2 cm³/mol. The molecule has 0 atom stereocenters. The van der Waals surface area contributed by atoms with E-state index in [0.29, 0.717) is 5.88 Å². The Balaban J connectivity index is 2.26. The van der Waals surface area contributed by atoms with Gasteiger partial charge in [-0.05, 0) is 12.5 Å². The number of anilines is 1. The summed E-state index contributed by atoms with van der Waals surface area (Å²) < 4.78 is 5.30. The van der Waals surface area contributed by atoms with Crippen LogP contribution in [0, 0.1) is 0 Å². The molecule has 1 aliphatic heterocycles. The summed E-state index contributed by atoms with van der Waals surface area (Å²) in [6.07, 6.45) is 2.42. The first-order chi connectivity index (χ1) is 8.40. The van der Waals surface area contributed by atoms with Crippen molar-refractivity contribution < 1.29 is 4.74 Å². The monoisotopic (exact) mass is 227 g/mol. The Morgan fingerprint density at radius 1 is 1.24 bits per heavy atom. The maximum Gasteiger partial charge on any atom is 0.220 e. The predicted octanol–water partition coefficient (Wildman–Crippen LogP) is 2.12. The van der Waals surface area contributed by atoms with Crippen molar-refractivity contribution in [3.63, 3.8) is 0 Å².